The summed E-state index contributed by atoms with van der Waals surface area (Å²) < 4.78 is 0. The molecule has 0 saturated carbocycles. The second-order valence-corrected chi connectivity index (χ2v) is 7.06. The van der Waals surface area contributed by atoms with Crippen LogP contribution in [0.5, 0.6) is 0 Å². The normalized spacial score (nSPS) is 25.5. The fraction of sp³-hybridized carbons (Fsp3) is 0.438. The molecule has 4 rings (SSSR count). The molecule has 6 nitrogen and oxygen atoms in total. The molecule has 0 N–H and O–H groups in total. The van der Waals surface area contributed by atoms with Gasteiger partial charge in [0.05, 0.1) is 17.8 Å². The monoisotopic (exact) mass is 329 g/mol. The molecule has 0 aliphatic carbocycles. The van der Waals surface area contributed by atoms with Crippen molar-refractivity contribution in [3.63, 3.8) is 0 Å². The predicted molar refractivity (Wildman–Crippen MR) is 90.9 cm³/mol. The van der Waals surface area contributed by atoms with Crippen LogP contribution in [-0.4, -0.2) is 59.5 Å². The number of piperazine rings is 1. The molecule has 1 amide bonds. The Labute approximate surface area is 139 Å². The zero-order chi connectivity index (χ0) is 15.9. The van der Waals surface area contributed by atoms with Gasteiger partial charge in [0.25, 0.3) is 0 Å². The van der Waals surface area contributed by atoms with Crippen molar-refractivity contribution < 1.29 is 4.79 Å². The average molecular weight is 329 g/mol. The van der Waals surface area contributed by atoms with Gasteiger partial charge in [0.2, 0.25) is 5.91 Å². The fourth-order valence-electron chi connectivity index (χ4n) is 3.57. The van der Waals surface area contributed by atoms with Crippen LogP contribution in [0.2, 0.25) is 0 Å². The van der Waals surface area contributed by atoms with Crippen molar-refractivity contribution in [1.82, 2.24) is 14.9 Å². The van der Waals surface area contributed by atoms with E-state index in [1.807, 2.05) is 27.8 Å². The van der Waals surface area contributed by atoms with E-state index >= 15 is 0 Å². The van der Waals surface area contributed by atoms with E-state index in [1.165, 1.54) is 0 Å². The summed E-state index contributed by atoms with van der Waals surface area (Å²) in [6.45, 7) is 3.04. The Morgan fingerprint density at radius 2 is 2.22 bits per heavy atom. The minimum absolute atomic E-state index is 0.0131. The number of nitrogens with zero attached hydrogens (tertiary/aromatic N) is 5. The lowest BCUT2D eigenvalue weighted by Crippen LogP contribution is -2.64. The Balaban J connectivity index is 1.59. The molecular weight excluding hydrogens is 310 g/mol. The lowest BCUT2D eigenvalue weighted by molar-refractivity contribution is -0.123. The maximum atomic E-state index is 12.4. The van der Waals surface area contributed by atoms with Gasteiger partial charge >= 0.3 is 0 Å². The summed E-state index contributed by atoms with van der Waals surface area (Å²) in [4.78, 5) is 27.3. The fourth-order valence-corrected chi connectivity index (χ4v) is 4.21. The molecule has 0 radical (unpaired) electrons. The number of hydrogen-bond acceptors (Lipinski definition) is 6. The van der Waals surface area contributed by atoms with Crippen LogP contribution in [0.15, 0.2) is 35.4 Å². The Hall–Kier alpha value is -1.99. The highest BCUT2D eigenvalue weighted by Crippen LogP contribution is 2.35. The number of carbonyl (C=O) groups is 1. The van der Waals surface area contributed by atoms with Crippen LogP contribution in [0, 0.1) is 0 Å². The molecule has 120 valence electrons. The zero-order valence-electron chi connectivity index (χ0n) is 13.1. The Kier molecular flexibility index (Phi) is 3.54. The average Bonchev–Trinajstić information content (AvgIpc) is 3.23. The van der Waals surface area contributed by atoms with Gasteiger partial charge in [-0.2, -0.15) is 11.3 Å². The number of anilines is 2. The third kappa shape index (κ3) is 2.49. The van der Waals surface area contributed by atoms with Crippen LogP contribution >= 0.6 is 11.3 Å². The third-order valence-electron chi connectivity index (χ3n) is 4.98. The highest BCUT2D eigenvalue weighted by atomic mass is 32.1. The summed E-state index contributed by atoms with van der Waals surface area (Å²) >= 11 is 1.63. The van der Waals surface area contributed by atoms with Crippen molar-refractivity contribution >= 4 is 28.7 Å². The van der Waals surface area contributed by atoms with Crippen LogP contribution in [0.3, 0.4) is 0 Å². The first-order valence-electron chi connectivity index (χ1n) is 7.73. The van der Waals surface area contributed by atoms with Gasteiger partial charge < -0.3 is 9.80 Å². The van der Waals surface area contributed by atoms with Crippen LogP contribution in [0.25, 0.3) is 0 Å². The van der Waals surface area contributed by atoms with Crippen molar-refractivity contribution in [3.8, 4) is 0 Å². The first kappa shape index (κ1) is 14.6. The predicted octanol–water partition coefficient (Wildman–Crippen LogP) is 1.47. The Morgan fingerprint density at radius 3 is 2.96 bits per heavy atom. The molecule has 0 bridgehead atoms. The quantitative estimate of drug-likeness (QED) is 0.835. The molecule has 7 heteroatoms. The highest BCUT2D eigenvalue weighted by Gasteiger charge is 2.48. The molecule has 2 aromatic heterocycles. The van der Waals surface area contributed by atoms with E-state index in [0.717, 1.165) is 37.6 Å². The summed E-state index contributed by atoms with van der Waals surface area (Å²) in [5.41, 5.74) is 1.01. The van der Waals surface area contributed by atoms with Crippen molar-refractivity contribution in [1.29, 1.82) is 0 Å². The van der Waals surface area contributed by atoms with Crippen LogP contribution in [-0.2, 0) is 4.79 Å². The Bertz CT molecular complexity index is 692. The van der Waals surface area contributed by atoms with Crippen molar-refractivity contribution in [2.24, 2.45) is 0 Å². The highest BCUT2D eigenvalue weighted by molar-refractivity contribution is 7.08. The van der Waals surface area contributed by atoms with E-state index in [0.29, 0.717) is 6.54 Å². The minimum Gasteiger partial charge on any atom is -0.355 e. The van der Waals surface area contributed by atoms with Crippen LogP contribution in [0.4, 0.5) is 11.5 Å². The van der Waals surface area contributed by atoms with Gasteiger partial charge in [0, 0.05) is 31.2 Å². The largest absolute Gasteiger partial charge is 0.355 e. The lowest BCUT2D eigenvalue weighted by atomic mass is 9.93. The number of rotatable bonds is 2. The number of hydrogen-bond donors (Lipinski definition) is 0. The standard InChI is InChI=1S/C16H19N5OS/c1-19-8-15(22)21(13-3-7-23-9-13)11-16(19)4-6-20(10-16)14-2-5-17-12-18-14/h2-3,5,7,9,12H,4,6,8,10-11H2,1H3/t16-/m1/s1. The van der Waals surface area contributed by atoms with Gasteiger partial charge in [0.1, 0.15) is 12.1 Å². The first-order valence-corrected chi connectivity index (χ1v) is 8.67. The topological polar surface area (TPSA) is 52.6 Å². The molecular formula is C16H19N5OS. The van der Waals surface area contributed by atoms with Crippen LogP contribution in [0.1, 0.15) is 6.42 Å². The number of thiophene rings is 1. The number of amides is 1. The van der Waals surface area contributed by atoms with E-state index in [2.05, 4.69) is 26.8 Å². The van der Waals surface area contributed by atoms with Gasteiger partial charge in [-0.25, -0.2) is 9.97 Å². The van der Waals surface area contributed by atoms with E-state index in [1.54, 1.807) is 23.9 Å². The van der Waals surface area contributed by atoms with E-state index in [-0.39, 0.29) is 11.4 Å². The lowest BCUT2D eigenvalue weighted by Gasteiger charge is -2.46. The summed E-state index contributed by atoms with van der Waals surface area (Å²) in [5.74, 6) is 1.14. The second-order valence-electron chi connectivity index (χ2n) is 6.28. The molecule has 1 spiro atoms. The molecule has 2 aliphatic heterocycles. The molecule has 23 heavy (non-hydrogen) atoms. The molecule has 2 saturated heterocycles. The summed E-state index contributed by atoms with van der Waals surface area (Å²) in [7, 11) is 2.06. The minimum atomic E-state index is -0.0131. The van der Waals surface area contributed by atoms with Gasteiger partial charge in [0.15, 0.2) is 0 Å². The summed E-state index contributed by atoms with van der Waals surface area (Å²) in [6.07, 6.45) is 4.40. The van der Waals surface area contributed by atoms with Crippen molar-refractivity contribution in [3.05, 3.63) is 35.4 Å². The zero-order valence-corrected chi connectivity index (χ0v) is 13.9. The number of carbonyl (C=O) groups excluding carboxylic acids is 1. The molecule has 0 aromatic carbocycles. The van der Waals surface area contributed by atoms with Crippen molar-refractivity contribution in [2.45, 2.75) is 12.0 Å². The summed E-state index contributed by atoms with van der Waals surface area (Å²) in [6, 6.07) is 3.97. The van der Waals surface area contributed by atoms with Crippen molar-refractivity contribution in [2.75, 3.05) is 43.0 Å². The van der Waals surface area contributed by atoms with E-state index in [9.17, 15) is 4.79 Å². The van der Waals surface area contributed by atoms with Gasteiger partial charge in [-0.05, 0) is 31.0 Å². The molecule has 2 aliphatic rings. The number of likely N-dealkylation sites (N-methyl/N-ethyl adjacent to an activating group) is 1. The summed E-state index contributed by atoms with van der Waals surface area (Å²) in [5, 5.41) is 4.07. The molecule has 4 heterocycles. The first-order chi connectivity index (χ1) is 11.2. The SMILES string of the molecule is CN1CC(=O)N(c2ccsc2)C[C@]12CCN(c1ccncn1)C2. The molecule has 0 unspecified atom stereocenters. The third-order valence-corrected chi connectivity index (χ3v) is 5.65. The molecule has 2 fully saturated rings. The van der Waals surface area contributed by atoms with Gasteiger partial charge in [-0.1, -0.05) is 0 Å². The Morgan fingerprint density at radius 1 is 1.30 bits per heavy atom. The maximum Gasteiger partial charge on any atom is 0.241 e. The molecule has 1 atom stereocenters. The second kappa shape index (κ2) is 5.58. The van der Waals surface area contributed by atoms with Crippen LogP contribution < -0.4 is 9.80 Å². The van der Waals surface area contributed by atoms with Gasteiger partial charge in [-0.3, -0.25) is 9.69 Å². The van der Waals surface area contributed by atoms with E-state index in [4.69, 9.17) is 0 Å². The van der Waals surface area contributed by atoms with E-state index < -0.39 is 0 Å². The van der Waals surface area contributed by atoms with Gasteiger partial charge in [-0.15, -0.1) is 0 Å². The number of aromatic nitrogens is 2. The molecule has 2 aromatic rings. The smallest absolute Gasteiger partial charge is 0.241 e. The maximum absolute atomic E-state index is 12.4.